The summed E-state index contributed by atoms with van der Waals surface area (Å²) in [4.78, 5) is 19.1. The third-order valence-electron chi connectivity index (χ3n) is 5.91. The van der Waals surface area contributed by atoms with Crippen LogP contribution in [0.4, 0.5) is 0 Å². The Hall–Kier alpha value is -3.75. The predicted molar refractivity (Wildman–Crippen MR) is 122 cm³/mol. The van der Waals surface area contributed by atoms with Gasteiger partial charge in [0.05, 0.1) is 19.1 Å². The number of nitrogens with zero attached hydrogens (tertiary/aromatic N) is 3. The number of likely N-dealkylation sites (tertiary alicyclic amines) is 1. The Labute approximate surface area is 197 Å². The third-order valence-corrected chi connectivity index (χ3v) is 5.91. The second-order valence-electron chi connectivity index (χ2n) is 8.16. The van der Waals surface area contributed by atoms with Crippen LogP contribution in [0.15, 0.2) is 40.9 Å². The van der Waals surface area contributed by atoms with Crippen LogP contribution in [-0.2, 0) is 11.2 Å². The SMILES string of the molecule is CCOc1ccc(CCN2CC(c3nc(-c4ccc5c(c4)OCO5)no3)CC2=O)cc1OCC. The van der Waals surface area contributed by atoms with Crippen LogP contribution in [0.25, 0.3) is 11.4 Å². The van der Waals surface area contributed by atoms with Crippen molar-refractivity contribution in [3.63, 3.8) is 0 Å². The number of carbonyl (C=O) groups excluding carboxylic acids is 1. The highest BCUT2D eigenvalue weighted by atomic mass is 16.7. The topological polar surface area (TPSA) is 96.2 Å². The fourth-order valence-electron chi connectivity index (χ4n) is 4.22. The molecule has 0 N–H and O–H groups in total. The summed E-state index contributed by atoms with van der Waals surface area (Å²) >= 11 is 0. The fraction of sp³-hybridized carbons (Fsp3) is 0.400. The lowest BCUT2D eigenvalue weighted by molar-refractivity contribution is -0.127. The van der Waals surface area contributed by atoms with E-state index in [1.165, 1.54) is 0 Å². The van der Waals surface area contributed by atoms with Crippen LogP contribution in [-0.4, -0.2) is 54.0 Å². The number of amides is 1. The monoisotopic (exact) mass is 465 g/mol. The molecule has 2 aromatic carbocycles. The van der Waals surface area contributed by atoms with Crippen molar-refractivity contribution < 1.29 is 28.3 Å². The number of benzene rings is 2. The van der Waals surface area contributed by atoms with Crippen LogP contribution in [0.3, 0.4) is 0 Å². The van der Waals surface area contributed by atoms with E-state index in [2.05, 4.69) is 10.1 Å². The zero-order valence-corrected chi connectivity index (χ0v) is 19.3. The summed E-state index contributed by atoms with van der Waals surface area (Å²) in [5.41, 5.74) is 1.87. The summed E-state index contributed by atoms with van der Waals surface area (Å²) in [5.74, 6) is 3.74. The molecule has 1 unspecified atom stereocenters. The molecule has 0 radical (unpaired) electrons. The summed E-state index contributed by atoms with van der Waals surface area (Å²) in [7, 11) is 0. The lowest BCUT2D eigenvalue weighted by Gasteiger charge is -2.17. The van der Waals surface area contributed by atoms with Crippen LogP contribution in [0, 0.1) is 0 Å². The van der Waals surface area contributed by atoms with Crippen molar-refractivity contribution >= 4 is 5.91 Å². The first-order chi connectivity index (χ1) is 16.6. The van der Waals surface area contributed by atoms with Gasteiger partial charge in [-0.3, -0.25) is 4.79 Å². The molecular weight excluding hydrogens is 438 g/mol. The maximum absolute atomic E-state index is 12.7. The first kappa shape index (κ1) is 22.1. The summed E-state index contributed by atoms with van der Waals surface area (Å²) in [6.07, 6.45) is 1.08. The Bertz CT molecular complexity index is 1180. The molecular formula is C25H27N3O6. The number of ether oxygens (including phenoxy) is 4. The van der Waals surface area contributed by atoms with E-state index in [0.717, 1.165) is 29.0 Å². The van der Waals surface area contributed by atoms with Gasteiger partial charge >= 0.3 is 0 Å². The molecule has 3 aromatic rings. The Morgan fingerprint density at radius 3 is 2.71 bits per heavy atom. The summed E-state index contributed by atoms with van der Waals surface area (Å²) in [6, 6.07) is 11.4. The third kappa shape index (κ3) is 4.50. The molecule has 0 spiro atoms. The van der Waals surface area contributed by atoms with Gasteiger partial charge in [-0.25, -0.2) is 0 Å². The quantitative estimate of drug-likeness (QED) is 0.471. The summed E-state index contributed by atoms with van der Waals surface area (Å²) < 4.78 is 27.6. The van der Waals surface area contributed by atoms with E-state index in [-0.39, 0.29) is 18.6 Å². The van der Waals surface area contributed by atoms with Gasteiger partial charge in [-0.05, 0) is 56.2 Å². The molecule has 178 valence electrons. The molecule has 1 fully saturated rings. The van der Waals surface area contributed by atoms with Crippen molar-refractivity contribution in [2.75, 3.05) is 33.1 Å². The molecule has 1 saturated heterocycles. The van der Waals surface area contributed by atoms with Crippen LogP contribution in [0.2, 0.25) is 0 Å². The Balaban J connectivity index is 1.22. The molecule has 9 heteroatoms. The molecule has 0 aliphatic carbocycles. The van der Waals surface area contributed by atoms with Crippen molar-refractivity contribution in [1.82, 2.24) is 15.0 Å². The summed E-state index contributed by atoms with van der Waals surface area (Å²) in [6.45, 7) is 6.40. The van der Waals surface area contributed by atoms with E-state index in [4.69, 9.17) is 23.5 Å². The van der Waals surface area contributed by atoms with Gasteiger partial charge in [-0.1, -0.05) is 11.2 Å². The van der Waals surface area contributed by atoms with Crippen molar-refractivity contribution in [3.05, 3.63) is 47.9 Å². The van der Waals surface area contributed by atoms with Crippen molar-refractivity contribution in [1.29, 1.82) is 0 Å². The fourth-order valence-corrected chi connectivity index (χ4v) is 4.22. The van der Waals surface area contributed by atoms with Crippen molar-refractivity contribution in [2.45, 2.75) is 32.6 Å². The molecule has 34 heavy (non-hydrogen) atoms. The van der Waals surface area contributed by atoms with Gasteiger partial charge < -0.3 is 28.4 Å². The first-order valence-electron chi connectivity index (χ1n) is 11.5. The Morgan fingerprint density at radius 2 is 1.85 bits per heavy atom. The normalized spacial score (nSPS) is 16.8. The average molecular weight is 466 g/mol. The van der Waals surface area contributed by atoms with E-state index >= 15 is 0 Å². The zero-order valence-electron chi connectivity index (χ0n) is 19.3. The van der Waals surface area contributed by atoms with Gasteiger partial charge in [0.1, 0.15) is 0 Å². The minimum Gasteiger partial charge on any atom is -0.490 e. The highest BCUT2D eigenvalue weighted by Crippen LogP contribution is 2.36. The zero-order chi connectivity index (χ0) is 23.5. The second-order valence-corrected chi connectivity index (χ2v) is 8.16. The van der Waals surface area contributed by atoms with Gasteiger partial charge in [-0.15, -0.1) is 0 Å². The largest absolute Gasteiger partial charge is 0.490 e. The molecule has 5 rings (SSSR count). The van der Waals surface area contributed by atoms with Crippen LogP contribution in [0.5, 0.6) is 23.0 Å². The average Bonchev–Trinajstić information content (AvgIpc) is 3.58. The molecule has 0 bridgehead atoms. The lowest BCUT2D eigenvalue weighted by Crippen LogP contribution is -2.27. The number of fused-ring (bicyclic) bond motifs is 1. The molecule has 2 aliphatic rings. The van der Waals surface area contributed by atoms with Gasteiger partial charge in [-0.2, -0.15) is 4.98 Å². The standard InChI is InChI=1S/C25H27N3O6/c1-3-30-19-7-5-16(11-21(19)31-4-2)9-10-28-14-18(13-23(28)29)25-26-24(27-34-25)17-6-8-20-22(12-17)33-15-32-20/h5-8,11-12,18H,3-4,9-10,13-15H2,1-2H3. The summed E-state index contributed by atoms with van der Waals surface area (Å²) in [5, 5.41) is 4.11. The number of carbonyl (C=O) groups is 1. The number of hydrogen-bond donors (Lipinski definition) is 0. The van der Waals surface area contributed by atoms with Crippen LogP contribution >= 0.6 is 0 Å². The van der Waals surface area contributed by atoms with E-state index in [1.807, 2.05) is 55.1 Å². The van der Waals surface area contributed by atoms with Crippen molar-refractivity contribution in [2.24, 2.45) is 0 Å². The smallest absolute Gasteiger partial charge is 0.232 e. The highest BCUT2D eigenvalue weighted by molar-refractivity contribution is 5.79. The van der Waals surface area contributed by atoms with Gasteiger partial charge in [0.25, 0.3) is 0 Å². The first-order valence-corrected chi connectivity index (χ1v) is 11.5. The van der Waals surface area contributed by atoms with Gasteiger partial charge in [0, 0.05) is 25.1 Å². The van der Waals surface area contributed by atoms with E-state index in [0.29, 0.717) is 55.9 Å². The number of hydrogen-bond acceptors (Lipinski definition) is 8. The maximum Gasteiger partial charge on any atom is 0.232 e. The molecule has 9 nitrogen and oxygen atoms in total. The van der Waals surface area contributed by atoms with Gasteiger partial charge in [0.15, 0.2) is 23.0 Å². The maximum atomic E-state index is 12.7. The highest BCUT2D eigenvalue weighted by Gasteiger charge is 2.34. The van der Waals surface area contributed by atoms with E-state index in [1.54, 1.807) is 0 Å². The minimum atomic E-state index is -0.123. The molecule has 0 saturated carbocycles. The minimum absolute atomic E-state index is 0.0868. The van der Waals surface area contributed by atoms with Crippen LogP contribution < -0.4 is 18.9 Å². The molecule has 2 aliphatic heterocycles. The molecule has 3 heterocycles. The molecule has 1 aromatic heterocycles. The van der Waals surface area contributed by atoms with Crippen LogP contribution in [0.1, 0.15) is 37.6 Å². The lowest BCUT2D eigenvalue weighted by atomic mass is 10.1. The Kier molecular flexibility index (Phi) is 6.24. The Morgan fingerprint density at radius 1 is 1.03 bits per heavy atom. The van der Waals surface area contributed by atoms with Gasteiger partial charge in [0.2, 0.25) is 24.4 Å². The van der Waals surface area contributed by atoms with E-state index < -0.39 is 0 Å². The van der Waals surface area contributed by atoms with Crippen molar-refractivity contribution in [3.8, 4) is 34.4 Å². The second kappa shape index (κ2) is 9.62. The molecule has 1 atom stereocenters. The van der Waals surface area contributed by atoms with E-state index in [9.17, 15) is 4.79 Å². The number of rotatable bonds is 9. The molecule has 1 amide bonds. The predicted octanol–water partition coefficient (Wildman–Crippen LogP) is 3.82. The number of aromatic nitrogens is 2.